The van der Waals surface area contributed by atoms with Crippen molar-refractivity contribution in [1.29, 1.82) is 0 Å². The first kappa shape index (κ1) is 13.9. The number of aromatic nitrogens is 4. The Morgan fingerprint density at radius 3 is 2.53 bits per heavy atom. The molecule has 0 aliphatic rings. The van der Waals surface area contributed by atoms with Gasteiger partial charge in [-0.1, -0.05) is 11.3 Å². The highest BCUT2D eigenvalue weighted by Crippen LogP contribution is 2.20. The van der Waals surface area contributed by atoms with Crippen LogP contribution in [0.4, 0.5) is 0 Å². The van der Waals surface area contributed by atoms with Crippen LogP contribution in [0, 0.1) is 0 Å². The van der Waals surface area contributed by atoms with Gasteiger partial charge in [0.15, 0.2) is 0 Å². The van der Waals surface area contributed by atoms with Crippen molar-refractivity contribution in [2.24, 2.45) is 0 Å². The third-order valence-electron chi connectivity index (χ3n) is 2.49. The lowest BCUT2D eigenvalue weighted by atomic mass is 10.7. The van der Waals surface area contributed by atoms with Gasteiger partial charge in [-0.05, 0) is 6.92 Å². The number of aryl methyl sites for hydroxylation is 1. The van der Waals surface area contributed by atoms with E-state index in [1.54, 1.807) is 12.4 Å². The zero-order chi connectivity index (χ0) is 14.2. The van der Waals surface area contributed by atoms with Gasteiger partial charge >= 0.3 is 5.69 Å². The Kier molecular flexibility index (Phi) is 3.56. The Morgan fingerprint density at radius 1 is 1.32 bits per heavy atom. The van der Waals surface area contributed by atoms with Crippen LogP contribution in [-0.2, 0) is 16.6 Å². The minimum Gasteiger partial charge on any atom is -0.299 e. The molecule has 2 heterocycles. The van der Waals surface area contributed by atoms with Gasteiger partial charge in [-0.2, -0.15) is 0 Å². The number of nitrogens with zero attached hydrogens (tertiary/aromatic N) is 5. The van der Waals surface area contributed by atoms with Crippen molar-refractivity contribution >= 4 is 21.4 Å². The maximum Gasteiger partial charge on any atom is 0.334 e. The minimum absolute atomic E-state index is 0.136. The summed E-state index contributed by atoms with van der Waals surface area (Å²) in [5.74, 6) is 0. The van der Waals surface area contributed by atoms with Gasteiger partial charge in [0.2, 0.25) is 9.47 Å². The maximum absolute atomic E-state index is 11.9. The molecule has 2 aromatic heterocycles. The Balaban J connectivity index is 2.47. The number of hydrogen-bond donors (Lipinski definition) is 0. The number of imidazole rings is 1. The molecule has 0 saturated carbocycles. The molecular weight excluding hydrogens is 290 g/mol. The van der Waals surface area contributed by atoms with Crippen LogP contribution in [0.2, 0.25) is 0 Å². The third-order valence-corrected chi connectivity index (χ3v) is 5.57. The monoisotopic (exact) mass is 303 g/mol. The molecule has 0 unspecified atom stereocenters. The summed E-state index contributed by atoms with van der Waals surface area (Å²) in [6.45, 7) is 2.38. The van der Waals surface area contributed by atoms with E-state index in [0.29, 0.717) is 6.54 Å². The highest BCUT2D eigenvalue weighted by Gasteiger charge is 2.23. The second-order valence-corrected chi connectivity index (χ2v) is 7.16. The minimum atomic E-state index is -3.62. The van der Waals surface area contributed by atoms with Crippen molar-refractivity contribution in [1.82, 2.24) is 23.6 Å². The van der Waals surface area contributed by atoms with E-state index in [9.17, 15) is 13.2 Å². The fraction of sp³-hybridized carbons (Fsp3) is 0.444. The first-order valence-electron chi connectivity index (χ1n) is 5.42. The van der Waals surface area contributed by atoms with Crippen LogP contribution >= 0.6 is 11.3 Å². The molecule has 2 rings (SSSR count). The summed E-state index contributed by atoms with van der Waals surface area (Å²) in [4.78, 5) is 11.9. The van der Waals surface area contributed by atoms with Gasteiger partial charge in [-0.3, -0.25) is 4.57 Å². The lowest BCUT2D eigenvalue weighted by molar-refractivity contribution is 0.519. The molecule has 19 heavy (non-hydrogen) atoms. The van der Waals surface area contributed by atoms with Crippen molar-refractivity contribution in [3.05, 3.63) is 22.9 Å². The molecule has 0 bridgehead atoms. The van der Waals surface area contributed by atoms with Crippen molar-refractivity contribution in [2.75, 3.05) is 14.1 Å². The molecule has 0 aliphatic heterocycles. The molecule has 0 atom stereocenters. The second kappa shape index (κ2) is 4.87. The molecule has 0 fully saturated rings. The van der Waals surface area contributed by atoms with E-state index in [-0.39, 0.29) is 15.2 Å². The van der Waals surface area contributed by atoms with Gasteiger partial charge in [0.05, 0.1) is 0 Å². The normalized spacial score (nSPS) is 12.2. The van der Waals surface area contributed by atoms with Gasteiger partial charge in [0, 0.05) is 33.0 Å². The van der Waals surface area contributed by atoms with Gasteiger partial charge in [-0.15, -0.1) is 10.2 Å². The average molecular weight is 303 g/mol. The molecule has 104 valence electrons. The topological polar surface area (TPSA) is 90.1 Å². The summed E-state index contributed by atoms with van der Waals surface area (Å²) < 4.78 is 27.4. The largest absolute Gasteiger partial charge is 0.334 e. The third kappa shape index (κ3) is 2.33. The Morgan fingerprint density at radius 2 is 2.00 bits per heavy atom. The first-order chi connectivity index (χ1) is 8.87. The molecule has 10 heteroatoms. The van der Waals surface area contributed by atoms with Crippen LogP contribution in [0.15, 0.2) is 21.5 Å². The summed E-state index contributed by atoms with van der Waals surface area (Å²) in [6, 6.07) is 0. The lowest BCUT2D eigenvalue weighted by Gasteiger charge is -2.06. The van der Waals surface area contributed by atoms with E-state index in [1.807, 2.05) is 6.92 Å². The molecule has 2 aromatic rings. The summed E-state index contributed by atoms with van der Waals surface area (Å²) in [6.07, 6.45) is 3.16. The molecule has 0 spiro atoms. The van der Waals surface area contributed by atoms with Gasteiger partial charge < -0.3 is 0 Å². The van der Waals surface area contributed by atoms with E-state index in [0.717, 1.165) is 15.6 Å². The Bertz CT molecular complexity index is 740. The van der Waals surface area contributed by atoms with Crippen LogP contribution in [0.3, 0.4) is 0 Å². The molecule has 0 radical (unpaired) electrons. The Labute approximate surface area is 114 Å². The van der Waals surface area contributed by atoms with E-state index in [1.165, 1.54) is 23.2 Å². The predicted octanol–water partition coefficient (Wildman–Crippen LogP) is -0.239. The molecule has 8 nitrogen and oxygen atoms in total. The lowest BCUT2D eigenvalue weighted by Crippen LogP contribution is -2.22. The van der Waals surface area contributed by atoms with Gasteiger partial charge in [0.1, 0.15) is 0 Å². The summed E-state index contributed by atoms with van der Waals surface area (Å²) in [7, 11) is -0.794. The average Bonchev–Trinajstić information content (AvgIpc) is 2.95. The van der Waals surface area contributed by atoms with Crippen LogP contribution in [-0.4, -0.2) is 46.1 Å². The molecule has 0 aromatic carbocycles. The van der Waals surface area contributed by atoms with Gasteiger partial charge in [0.25, 0.3) is 10.0 Å². The van der Waals surface area contributed by atoms with Crippen LogP contribution in [0.25, 0.3) is 5.13 Å². The molecular formula is C9H13N5O3S2. The van der Waals surface area contributed by atoms with E-state index >= 15 is 0 Å². The summed E-state index contributed by atoms with van der Waals surface area (Å²) in [5, 5.41) is 7.62. The van der Waals surface area contributed by atoms with E-state index in [2.05, 4.69) is 10.2 Å². The fourth-order valence-corrected chi connectivity index (χ4v) is 3.46. The van der Waals surface area contributed by atoms with Crippen molar-refractivity contribution < 1.29 is 8.42 Å². The number of sulfonamides is 1. The zero-order valence-electron chi connectivity index (χ0n) is 10.6. The Hall–Kier alpha value is -1.52. The van der Waals surface area contributed by atoms with E-state index < -0.39 is 10.0 Å². The molecule has 0 amide bonds. The second-order valence-electron chi connectivity index (χ2n) is 3.87. The van der Waals surface area contributed by atoms with Crippen LogP contribution in [0.1, 0.15) is 6.92 Å². The SMILES string of the molecule is CCn1ccn(-c2nnc(S(=O)(=O)N(C)C)s2)c1=O. The van der Waals surface area contributed by atoms with Crippen LogP contribution in [0.5, 0.6) is 0 Å². The maximum atomic E-state index is 11.9. The highest BCUT2D eigenvalue weighted by atomic mass is 32.2. The summed E-state index contributed by atoms with van der Waals surface area (Å²) >= 11 is 0.857. The van der Waals surface area contributed by atoms with Crippen molar-refractivity contribution in [3.8, 4) is 5.13 Å². The van der Waals surface area contributed by atoms with Crippen molar-refractivity contribution in [2.45, 2.75) is 17.8 Å². The number of hydrogen-bond acceptors (Lipinski definition) is 6. The molecule has 0 saturated heterocycles. The first-order valence-corrected chi connectivity index (χ1v) is 7.67. The highest BCUT2D eigenvalue weighted by molar-refractivity contribution is 7.91. The standard InChI is InChI=1S/C9H13N5O3S2/c1-4-13-5-6-14(9(13)15)7-10-11-8(18-7)19(16,17)12(2)3/h5-6H,4H2,1-3H3. The quantitative estimate of drug-likeness (QED) is 0.777. The van der Waals surface area contributed by atoms with Crippen molar-refractivity contribution in [3.63, 3.8) is 0 Å². The van der Waals surface area contributed by atoms with Gasteiger partial charge in [-0.25, -0.2) is 22.1 Å². The van der Waals surface area contributed by atoms with Crippen LogP contribution < -0.4 is 5.69 Å². The molecule has 0 aliphatic carbocycles. The molecule has 0 N–H and O–H groups in total. The zero-order valence-corrected chi connectivity index (χ0v) is 12.3. The smallest absolute Gasteiger partial charge is 0.299 e. The predicted molar refractivity (Wildman–Crippen MR) is 70.0 cm³/mol. The van der Waals surface area contributed by atoms with E-state index in [4.69, 9.17) is 0 Å². The fourth-order valence-electron chi connectivity index (χ4n) is 1.36. The summed E-state index contributed by atoms with van der Waals surface area (Å²) in [5.41, 5.74) is -0.271. The number of rotatable bonds is 4.